The highest BCUT2D eigenvalue weighted by atomic mass is 19.4. The number of benzene rings is 1. The first-order chi connectivity index (χ1) is 9.40. The van der Waals surface area contributed by atoms with E-state index in [1.807, 2.05) is 0 Å². The van der Waals surface area contributed by atoms with E-state index in [9.17, 15) is 13.2 Å². The van der Waals surface area contributed by atoms with Crippen LogP contribution in [0.2, 0.25) is 0 Å². The summed E-state index contributed by atoms with van der Waals surface area (Å²) in [7, 11) is 2.05. The molecule has 1 heterocycles. The predicted molar refractivity (Wildman–Crippen MR) is 72.2 cm³/mol. The zero-order valence-corrected chi connectivity index (χ0v) is 11.5. The van der Waals surface area contributed by atoms with Crippen molar-refractivity contribution >= 4 is 0 Å². The molecular formula is C14H20F3N3. The monoisotopic (exact) mass is 287 g/mol. The molecule has 1 aromatic rings. The third kappa shape index (κ3) is 3.71. The van der Waals surface area contributed by atoms with Gasteiger partial charge < -0.3 is 10.6 Å². The molecule has 0 spiro atoms. The van der Waals surface area contributed by atoms with Gasteiger partial charge in [-0.25, -0.2) is 0 Å². The number of rotatable bonds is 3. The summed E-state index contributed by atoms with van der Waals surface area (Å²) in [4.78, 5) is 4.46. The van der Waals surface area contributed by atoms with Crippen LogP contribution in [0, 0.1) is 0 Å². The lowest BCUT2D eigenvalue weighted by Crippen LogP contribution is -2.54. The van der Waals surface area contributed by atoms with Crippen molar-refractivity contribution in [3.8, 4) is 0 Å². The van der Waals surface area contributed by atoms with Crippen LogP contribution in [0.5, 0.6) is 0 Å². The van der Waals surface area contributed by atoms with Crippen LogP contribution in [0.25, 0.3) is 0 Å². The van der Waals surface area contributed by atoms with Crippen molar-refractivity contribution in [3.05, 3.63) is 35.4 Å². The van der Waals surface area contributed by atoms with Gasteiger partial charge in [0.25, 0.3) is 0 Å². The van der Waals surface area contributed by atoms with E-state index in [-0.39, 0.29) is 6.04 Å². The van der Waals surface area contributed by atoms with Crippen LogP contribution in [0.1, 0.15) is 11.1 Å². The smallest absolute Gasteiger partial charge is 0.329 e. The Morgan fingerprint density at radius 1 is 1.20 bits per heavy atom. The van der Waals surface area contributed by atoms with E-state index in [0.717, 1.165) is 37.3 Å². The molecule has 3 nitrogen and oxygen atoms in total. The third-order valence-corrected chi connectivity index (χ3v) is 3.75. The third-order valence-electron chi connectivity index (χ3n) is 3.75. The highest BCUT2D eigenvalue weighted by molar-refractivity contribution is 5.24. The van der Waals surface area contributed by atoms with Gasteiger partial charge in [-0.2, -0.15) is 13.2 Å². The van der Waals surface area contributed by atoms with Crippen molar-refractivity contribution in [2.75, 3.05) is 33.2 Å². The summed E-state index contributed by atoms with van der Waals surface area (Å²) >= 11 is 0. The van der Waals surface area contributed by atoms with Crippen LogP contribution in [0.15, 0.2) is 24.3 Å². The summed E-state index contributed by atoms with van der Waals surface area (Å²) in [6.45, 7) is 3.95. The molecule has 0 amide bonds. The SMILES string of the molecule is CN1CCN(Cc2ccc(C(F)(F)F)cc2)C(CN)C1. The minimum atomic E-state index is -4.27. The van der Waals surface area contributed by atoms with E-state index in [1.165, 1.54) is 0 Å². The fourth-order valence-electron chi connectivity index (χ4n) is 2.51. The van der Waals surface area contributed by atoms with E-state index in [0.29, 0.717) is 13.1 Å². The Morgan fingerprint density at radius 2 is 1.85 bits per heavy atom. The Kier molecular flexibility index (Phi) is 4.67. The molecule has 1 aliphatic heterocycles. The van der Waals surface area contributed by atoms with E-state index in [2.05, 4.69) is 16.8 Å². The van der Waals surface area contributed by atoms with Crippen LogP contribution in [-0.2, 0) is 12.7 Å². The first-order valence-corrected chi connectivity index (χ1v) is 6.69. The minimum Gasteiger partial charge on any atom is -0.329 e. The van der Waals surface area contributed by atoms with Gasteiger partial charge in [0.2, 0.25) is 0 Å². The van der Waals surface area contributed by atoms with Crippen LogP contribution in [-0.4, -0.2) is 49.1 Å². The van der Waals surface area contributed by atoms with Gasteiger partial charge >= 0.3 is 6.18 Å². The molecule has 2 N–H and O–H groups in total. The second-order valence-electron chi connectivity index (χ2n) is 5.32. The summed E-state index contributed by atoms with van der Waals surface area (Å²) in [6, 6.07) is 5.64. The first-order valence-electron chi connectivity index (χ1n) is 6.69. The molecule has 1 saturated heterocycles. The van der Waals surface area contributed by atoms with Crippen LogP contribution < -0.4 is 5.73 Å². The Bertz CT molecular complexity index is 430. The zero-order chi connectivity index (χ0) is 14.8. The van der Waals surface area contributed by atoms with Crippen molar-refractivity contribution in [3.63, 3.8) is 0 Å². The van der Waals surface area contributed by atoms with E-state index in [1.54, 1.807) is 12.1 Å². The molecule has 1 unspecified atom stereocenters. The molecule has 1 fully saturated rings. The van der Waals surface area contributed by atoms with Crippen molar-refractivity contribution < 1.29 is 13.2 Å². The summed E-state index contributed by atoms with van der Waals surface area (Å²) in [5.74, 6) is 0. The Balaban J connectivity index is 2.02. The molecule has 0 bridgehead atoms. The number of hydrogen-bond acceptors (Lipinski definition) is 3. The average molecular weight is 287 g/mol. The Hall–Kier alpha value is -1.11. The van der Waals surface area contributed by atoms with E-state index >= 15 is 0 Å². The number of hydrogen-bond donors (Lipinski definition) is 1. The molecule has 1 aliphatic rings. The number of piperazine rings is 1. The molecule has 0 radical (unpaired) electrons. The lowest BCUT2D eigenvalue weighted by Gasteiger charge is -2.39. The molecule has 0 saturated carbocycles. The summed E-state index contributed by atoms with van der Waals surface area (Å²) in [5, 5.41) is 0. The lowest BCUT2D eigenvalue weighted by atomic mass is 10.1. The fraction of sp³-hybridized carbons (Fsp3) is 0.571. The molecule has 0 aromatic heterocycles. The number of likely N-dealkylation sites (N-methyl/N-ethyl adjacent to an activating group) is 1. The molecular weight excluding hydrogens is 267 g/mol. The van der Waals surface area contributed by atoms with E-state index < -0.39 is 11.7 Å². The predicted octanol–water partition coefficient (Wildman–Crippen LogP) is 1.78. The largest absolute Gasteiger partial charge is 0.416 e. The van der Waals surface area contributed by atoms with Gasteiger partial charge in [0.05, 0.1) is 5.56 Å². The summed E-state index contributed by atoms with van der Waals surface area (Å²) in [6.07, 6.45) is -4.27. The Morgan fingerprint density at radius 3 is 2.40 bits per heavy atom. The molecule has 2 rings (SSSR count). The van der Waals surface area contributed by atoms with Gasteiger partial charge in [0.1, 0.15) is 0 Å². The van der Waals surface area contributed by atoms with Crippen molar-refractivity contribution in [1.82, 2.24) is 9.80 Å². The van der Waals surface area contributed by atoms with E-state index in [4.69, 9.17) is 5.73 Å². The van der Waals surface area contributed by atoms with Gasteiger partial charge in [0.15, 0.2) is 0 Å². The minimum absolute atomic E-state index is 0.260. The number of alkyl halides is 3. The normalized spacial score (nSPS) is 22.1. The van der Waals surface area contributed by atoms with Gasteiger partial charge in [-0.05, 0) is 24.7 Å². The second kappa shape index (κ2) is 6.11. The molecule has 6 heteroatoms. The topological polar surface area (TPSA) is 32.5 Å². The van der Waals surface area contributed by atoms with Crippen LogP contribution >= 0.6 is 0 Å². The van der Waals surface area contributed by atoms with Crippen LogP contribution in [0.3, 0.4) is 0 Å². The second-order valence-corrected chi connectivity index (χ2v) is 5.32. The highest BCUT2D eigenvalue weighted by Gasteiger charge is 2.30. The standard InChI is InChI=1S/C14H20F3N3/c1-19-6-7-20(13(8-18)10-19)9-11-2-4-12(5-3-11)14(15,16)17/h2-5,13H,6-10,18H2,1H3. The van der Waals surface area contributed by atoms with Gasteiger partial charge in [0, 0.05) is 38.8 Å². The lowest BCUT2D eigenvalue weighted by molar-refractivity contribution is -0.137. The average Bonchev–Trinajstić information content (AvgIpc) is 2.40. The number of nitrogens with zero attached hydrogens (tertiary/aromatic N) is 2. The van der Waals surface area contributed by atoms with Crippen molar-refractivity contribution in [1.29, 1.82) is 0 Å². The summed E-state index contributed by atoms with van der Waals surface area (Å²) < 4.78 is 37.5. The number of halogens is 3. The van der Waals surface area contributed by atoms with Gasteiger partial charge in [-0.1, -0.05) is 12.1 Å². The Labute approximate surface area is 117 Å². The molecule has 0 aliphatic carbocycles. The van der Waals surface area contributed by atoms with Crippen molar-refractivity contribution in [2.24, 2.45) is 5.73 Å². The zero-order valence-electron chi connectivity index (χ0n) is 11.5. The maximum atomic E-state index is 12.5. The maximum Gasteiger partial charge on any atom is 0.416 e. The quantitative estimate of drug-likeness (QED) is 0.920. The van der Waals surface area contributed by atoms with Crippen molar-refractivity contribution in [2.45, 2.75) is 18.8 Å². The molecule has 20 heavy (non-hydrogen) atoms. The first kappa shape index (κ1) is 15.3. The molecule has 112 valence electrons. The van der Waals surface area contributed by atoms with Gasteiger partial charge in [-0.3, -0.25) is 4.90 Å². The fourth-order valence-corrected chi connectivity index (χ4v) is 2.51. The maximum absolute atomic E-state index is 12.5. The molecule has 1 atom stereocenters. The highest BCUT2D eigenvalue weighted by Crippen LogP contribution is 2.29. The van der Waals surface area contributed by atoms with Crippen LogP contribution in [0.4, 0.5) is 13.2 Å². The molecule has 1 aromatic carbocycles. The van der Waals surface area contributed by atoms with Gasteiger partial charge in [-0.15, -0.1) is 0 Å². The summed E-state index contributed by atoms with van der Waals surface area (Å²) in [5.41, 5.74) is 6.06. The number of nitrogens with two attached hydrogens (primary N) is 1.